The molecule has 1 aromatic carbocycles. The van der Waals surface area contributed by atoms with Gasteiger partial charge in [-0.15, -0.1) is 0 Å². The maximum atomic E-state index is 11.6. The Morgan fingerprint density at radius 2 is 2.19 bits per heavy atom. The number of rotatable bonds is 3. The fraction of sp³-hybridized carbons (Fsp3) is 0.364. The Kier molecular flexibility index (Phi) is 3.38. The molecule has 16 heavy (non-hydrogen) atoms. The van der Waals surface area contributed by atoms with Crippen LogP contribution in [0, 0.1) is 0 Å². The van der Waals surface area contributed by atoms with Crippen LogP contribution in [0.5, 0.6) is 0 Å². The molecule has 0 aromatic heterocycles. The van der Waals surface area contributed by atoms with E-state index in [2.05, 4.69) is 5.32 Å². The summed E-state index contributed by atoms with van der Waals surface area (Å²) >= 11 is 0. The Morgan fingerprint density at radius 3 is 2.81 bits per heavy atom. The van der Waals surface area contributed by atoms with Crippen molar-refractivity contribution in [2.45, 2.75) is 6.42 Å². The summed E-state index contributed by atoms with van der Waals surface area (Å²) in [7, 11) is 0. The number of hydrogen-bond acceptors (Lipinski definition) is 4. The fourth-order valence-electron chi connectivity index (χ4n) is 1.55. The SMILES string of the molecule is Nc1ccc(NC(=O)CN2CCCO2)cc1. The molecule has 0 unspecified atom stereocenters. The predicted octanol–water partition coefficient (Wildman–Crippen LogP) is 0.845. The third-order valence-corrected chi connectivity index (χ3v) is 2.34. The van der Waals surface area contributed by atoms with Crippen LogP contribution in [-0.2, 0) is 9.63 Å². The maximum absolute atomic E-state index is 11.6. The zero-order valence-corrected chi connectivity index (χ0v) is 8.98. The number of hydrogen-bond donors (Lipinski definition) is 2. The van der Waals surface area contributed by atoms with Crippen molar-refractivity contribution in [3.05, 3.63) is 24.3 Å². The Labute approximate surface area is 94.1 Å². The number of carbonyl (C=O) groups is 1. The van der Waals surface area contributed by atoms with Gasteiger partial charge < -0.3 is 11.1 Å². The lowest BCUT2D eigenvalue weighted by Crippen LogP contribution is -2.30. The van der Waals surface area contributed by atoms with Gasteiger partial charge in [0.05, 0.1) is 6.61 Å². The molecular weight excluding hydrogens is 206 g/mol. The number of nitrogen functional groups attached to an aromatic ring is 1. The molecule has 2 rings (SSSR count). The molecular formula is C11H15N3O2. The molecule has 0 atom stereocenters. The molecule has 1 fully saturated rings. The summed E-state index contributed by atoms with van der Waals surface area (Å²) in [6.07, 6.45) is 0.981. The fourth-order valence-corrected chi connectivity index (χ4v) is 1.55. The largest absolute Gasteiger partial charge is 0.399 e. The first-order valence-electron chi connectivity index (χ1n) is 5.27. The first kappa shape index (κ1) is 10.9. The van der Waals surface area contributed by atoms with Crippen molar-refractivity contribution in [2.24, 2.45) is 0 Å². The number of carbonyl (C=O) groups excluding carboxylic acids is 1. The number of nitrogens with zero attached hydrogens (tertiary/aromatic N) is 1. The molecule has 0 bridgehead atoms. The van der Waals surface area contributed by atoms with Crippen molar-refractivity contribution in [3.63, 3.8) is 0 Å². The van der Waals surface area contributed by atoms with E-state index < -0.39 is 0 Å². The zero-order valence-electron chi connectivity index (χ0n) is 8.98. The Hall–Kier alpha value is -1.59. The molecule has 1 aromatic rings. The average molecular weight is 221 g/mol. The quantitative estimate of drug-likeness (QED) is 0.742. The highest BCUT2D eigenvalue weighted by Crippen LogP contribution is 2.11. The zero-order chi connectivity index (χ0) is 11.4. The summed E-state index contributed by atoms with van der Waals surface area (Å²) in [5.41, 5.74) is 6.98. The molecule has 86 valence electrons. The van der Waals surface area contributed by atoms with Crippen LogP contribution in [0.4, 0.5) is 11.4 Å². The monoisotopic (exact) mass is 221 g/mol. The molecule has 5 nitrogen and oxygen atoms in total. The molecule has 0 saturated carbocycles. The number of hydroxylamine groups is 2. The van der Waals surface area contributed by atoms with Gasteiger partial charge in [0.1, 0.15) is 6.54 Å². The van der Waals surface area contributed by atoms with E-state index in [-0.39, 0.29) is 12.5 Å². The van der Waals surface area contributed by atoms with Crippen LogP contribution in [0.25, 0.3) is 0 Å². The Morgan fingerprint density at radius 1 is 1.44 bits per heavy atom. The summed E-state index contributed by atoms with van der Waals surface area (Å²) in [5, 5.41) is 4.45. The van der Waals surface area contributed by atoms with E-state index in [4.69, 9.17) is 10.6 Å². The molecule has 0 radical (unpaired) electrons. The standard InChI is InChI=1S/C11H15N3O2/c12-9-2-4-10(5-3-9)13-11(15)8-14-6-1-7-16-14/h2-5H,1,6-8,12H2,(H,13,15). The van der Waals surface area contributed by atoms with Crippen molar-refractivity contribution in [2.75, 3.05) is 30.7 Å². The summed E-state index contributed by atoms with van der Waals surface area (Å²) in [5.74, 6) is -0.0772. The third kappa shape index (κ3) is 2.95. The van der Waals surface area contributed by atoms with Gasteiger partial charge in [-0.25, -0.2) is 0 Å². The lowest BCUT2D eigenvalue weighted by Gasteiger charge is -2.13. The minimum atomic E-state index is -0.0772. The molecule has 1 saturated heterocycles. The van der Waals surface area contributed by atoms with Gasteiger partial charge in [-0.2, -0.15) is 5.06 Å². The number of amides is 1. The minimum Gasteiger partial charge on any atom is -0.399 e. The second kappa shape index (κ2) is 4.96. The molecule has 0 spiro atoms. The van der Waals surface area contributed by atoms with Gasteiger partial charge in [0, 0.05) is 17.9 Å². The van der Waals surface area contributed by atoms with E-state index in [1.165, 1.54) is 0 Å². The Balaban J connectivity index is 1.84. The maximum Gasteiger partial charge on any atom is 0.240 e. The van der Waals surface area contributed by atoms with E-state index in [1.54, 1.807) is 29.3 Å². The molecule has 0 aliphatic carbocycles. The van der Waals surface area contributed by atoms with Crippen LogP contribution in [0.1, 0.15) is 6.42 Å². The summed E-state index contributed by atoms with van der Waals surface area (Å²) in [6.45, 7) is 1.79. The van der Waals surface area contributed by atoms with Crippen LogP contribution in [0.15, 0.2) is 24.3 Å². The van der Waals surface area contributed by atoms with Crippen LogP contribution in [0.3, 0.4) is 0 Å². The van der Waals surface area contributed by atoms with Gasteiger partial charge >= 0.3 is 0 Å². The van der Waals surface area contributed by atoms with Crippen molar-refractivity contribution in [1.29, 1.82) is 0 Å². The summed E-state index contributed by atoms with van der Waals surface area (Å²) in [6, 6.07) is 7.06. The molecule has 1 aliphatic rings. The van der Waals surface area contributed by atoms with E-state index in [9.17, 15) is 4.79 Å². The van der Waals surface area contributed by atoms with Crippen molar-refractivity contribution >= 4 is 17.3 Å². The van der Waals surface area contributed by atoms with Crippen molar-refractivity contribution < 1.29 is 9.63 Å². The van der Waals surface area contributed by atoms with Crippen LogP contribution < -0.4 is 11.1 Å². The van der Waals surface area contributed by atoms with Crippen molar-refractivity contribution in [1.82, 2.24) is 5.06 Å². The first-order valence-corrected chi connectivity index (χ1v) is 5.27. The highest BCUT2D eigenvalue weighted by molar-refractivity contribution is 5.92. The second-order valence-corrected chi connectivity index (χ2v) is 3.72. The Bertz CT molecular complexity index is 358. The number of benzene rings is 1. The molecule has 5 heteroatoms. The lowest BCUT2D eigenvalue weighted by molar-refractivity contribution is -0.137. The topological polar surface area (TPSA) is 67.6 Å². The predicted molar refractivity (Wildman–Crippen MR) is 61.6 cm³/mol. The van der Waals surface area contributed by atoms with Gasteiger partial charge in [0.25, 0.3) is 0 Å². The lowest BCUT2D eigenvalue weighted by atomic mass is 10.3. The second-order valence-electron chi connectivity index (χ2n) is 3.72. The van der Waals surface area contributed by atoms with Gasteiger partial charge in [-0.3, -0.25) is 9.63 Å². The van der Waals surface area contributed by atoms with Crippen LogP contribution in [-0.4, -0.2) is 30.7 Å². The molecule has 1 aliphatic heterocycles. The number of anilines is 2. The van der Waals surface area contributed by atoms with Gasteiger partial charge in [0.2, 0.25) is 5.91 Å². The normalized spacial score (nSPS) is 16.2. The highest BCUT2D eigenvalue weighted by Gasteiger charge is 2.15. The van der Waals surface area contributed by atoms with Crippen LogP contribution in [0.2, 0.25) is 0 Å². The first-order chi connectivity index (χ1) is 7.74. The number of nitrogens with one attached hydrogen (secondary N) is 1. The van der Waals surface area contributed by atoms with E-state index in [0.717, 1.165) is 18.7 Å². The summed E-state index contributed by atoms with van der Waals surface area (Å²) < 4.78 is 0. The smallest absolute Gasteiger partial charge is 0.240 e. The van der Waals surface area contributed by atoms with E-state index >= 15 is 0 Å². The molecule has 3 N–H and O–H groups in total. The van der Waals surface area contributed by atoms with Crippen molar-refractivity contribution in [3.8, 4) is 0 Å². The average Bonchev–Trinajstić information content (AvgIpc) is 2.74. The summed E-state index contributed by atoms with van der Waals surface area (Å²) in [4.78, 5) is 16.8. The molecule has 1 amide bonds. The highest BCUT2D eigenvalue weighted by atomic mass is 16.7. The minimum absolute atomic E-state index is 0.0772. The van der Waals surface area contributed by atoms with Gasteiger partial charge in [-0.05, 0) is 30.7 Å². The third-order valence-electron chi connectivity index (χ3n) is 2.34. The van der Waals surface area contributed by atoms with Crippen LogP contribution >= 0.6 is 0 Å². The number of nitrogens with two attached hydrogens (primary N) is 1. The van der Waals surface area contributed by atoms with Gasteiger partial charge in [-0.1, -0.05) is 0 Å². The van der Waals surface area contributed by atoms with Gasteiger partial charge in [0.15, 0.2) is 0 Å². The van der Waals surface area contributed by atoms with E-state index in [0.29, 0.717) is 12.3 Å². The van der Waals surface area contributed by atoms with E-state index in [1.807, 2.05) is 0 Å². The molecule has 1 heterocycles.